The highest BCUT2D eigenvalue weighted by molar-refractivity contribution is 5.85. The molecule has 5 aromatic rings. The molecule has 1 aliphatic heterocycles. The number of nitrogens with zero attached hydrogens (tertiary/aromatic N) is 6. The first-order valence-electron chi connectivity index (χ1n) is 15.0. The minimum Gasteiger partial charge on any atom is -0.464 e. The summed E-state index contributed by atoms with van der Waals surface area (Å²) < 4.78 is 11.1. The fraction of sp³-hybridized carbons (Fsp3) is 0.353. The van der Waals surface area contributed by atoms with Crippen molar-refractivity contribution in [2.24, 2.45) is 0 Å². The van der Waals surface area contributed by atoms with E-state index in [1.165, 1.54) is 0 Å². The quantitative estimate of drug-likeness (QED) is 0.192. The first-order valence-corrected chi connectivity index (χ1v) is 15.0. The van der Waals surface area contributed by atoms with Crippen LogP contribution in [0.2, 0.25) is 0 Å². The van der Waals surface area contributed by atoms with Gasteiger partial charge in [-0.25, -0.2) is 19.9 Å². The molecule has 9 nitrogen and oxygen atoms in total. The molecule has 0 saturated carbocycles. The largest absolute Gasteiger partial charge is 0.464 e. The second-order valence-corrected chi connectivity index (χ2v) is 11.1. The van der Waals surface area contributed by atoms with Gasteiger partial charge < -0.3 is 19.4 Å². The van der Waals surface area contributed by atoms with Crippen LogP contribution >= 0.6 is 0 Å². The lowest BCUT2D eigenvalue weighted by molar-refractivity contribution is 0.111. The van der Waals surface area contributed by atoms with Gasteiger partial charge in [-0.1, -0.05) is 18.2 Å². The second-order valence-electron chi connectivity index (χ2n) is 11.1. The van der Waals surface area contributed by atoms with Crippen LogP contribution in [0.3, 0.4) is 0 Å². The number of rotatable bonds is 10. The zero-order valence-electron chi connectivity index (χ0n) is 25.4. The van der Waals surface area contributed by atoms with Gasteiger partial charge in [-0.3, -0.25) is 4.90 Å². The average molecular weight is 578 g/mol. The molecule has 222 valence electrons. The first kappa shape index (κ1) is 28.8. The lowest BCUT2D eigenvalue weighted by Gasteiger charge is -2.34. The zero-order valence-corrected chi connectivity index (χ0v) is 25.4. The third kappa shape index (κ3) is 6.68. The number of hydrogen-bond donors (Lipinski definition) is 1. The van der Waals surface area contributed by atoms with Gasteiger partial charge in [0.05, 0.1) is 18.6 Å². The van der Waals surface area contributed by atoms with Crippen LogP contribution in [0.4, 0.5) is 11.8 Å². The molecular weight excluding hydrogens is 538 g/mol. The predicted octanol–water partition coefficient (Wildman–Crippen LogP) is 6.30. The molecular formula is C34H39N7O2. The van der Waals surface area contributed by atoms with Crippen molar-refractivity contribution < 1.29 is 9.15 Å². The SMILES string of the molecule is CCOCCN1CCN(c2ncc(-c3cccc(C(C)Nc4cc(-c5ccc6occ(C)c6c5)nc(C)n4)c3)cn2)CC1. The summed E-state index contributed by atoms with van der Waals surface area (Å²) >= 11 is 0. The minimum atomic E-state index is 0.0277. The molecule has 6 rings (SSSR count). The van der Waals surface area contributed by atoms with Gasteiger partial charge >= 0.3 is 0 Å². The molecule has 0 aliphatic carbocycles. The van der Waals surface area contributed by atoms with E-state index in [1.54, 1.807) is 6.26 Å². The smallest absolute Gasteiger partial charge is 0.225 e. The number of hydrogen-bond acceptors (Lipinski definition) is 9. The minimum absolute atomic E-state index is 0.0277. The van der Waals surface area contributed by atoms with Crippen molar-refractivity contribution in [3.05, 3.63) is 84.1 Å². The summed E-state index contributed by atoms with van der Waals surface area (Å²) in [5, 5.41) is 4.68. The van der Waals surface area contributed by atoms with Gasteiger partial charge in [0.15, 0.2) is 0 Å². The van der Waals surface area contributed by atoms with Gasteiger partial charge in [0, 0.05) is 80.3 Å². The number of nitrogens with one attached hydrogen (secondary N) is 1. The van der Waals surface area contributed by atoms with Gasteiger partial charge in [-0.15, -0.1) is 0 Å². The van der Waals surface area contributed by atoms with E-state index in [2.05, 4.69) is 64.3 Å². The van der Waals surface area contributed by atoms with Gasteiger partial charge in [0.25, 0.3) is 0 Å². The Bertz CT molecular complexity index is 1680. The van der Waals surface area contributed by atoms with E-state index in [-0.39, 0.29) is 6.04 Å². The highest BCUT2D eigenvalue weighted by Gasteiger charge is 2.19. The maximum atomic E-state index is 5.62. The van der Waals surface area contributed by atoms with Crippen LogP contribution < -0.4 is 10.2 Å². The van der Waals surface area contributed by atoms with Crippen LogP contribution in [0.5, 0.6) is 0 Å². The first-order chi connectivity index (χ1) is 21.0. The Morgan fingerprint density at radius 1 is 0.930 bits per heavy atom. The normalized spacial score (nSPS) is 14.7. The van der Waals surface area contributed by atoms with Crippen molar-refractivity contribution in [1.82, 2.24) is 24.8 Å². The van der Waals surface area contributed by atoms with Crippen molar-refractivity contribution in [1.29, 1.82) is 0 Å². The van der Waals surface area contributed by atoms with Crippen LogP contribution in [-0.2, 0) is 4.74 Å². The number of ether oxygens (including phenoxy) is 1. The maximum Gasteiger partial charge on any atom is 0.225 e. The Kier molecular flexibility index (Phi) is 8.62. The third-order valence-electron chi connectivity index (χ3n) is 8.03. The third-order valence-corrected chi connectivity index (χ3v) is 8.03. The van der Waals surface area contributed by atoms with Crippen LogP contribution in [0.25, 0.3) is 33.4 Å². The molecule has 1 aliphatic rings. The summed E-state index contributed by atoms with van der Waals surface area (Å²) in [6.45, 7) is 14.5. The molecule has 43 heavy (non-hydrogen) atoms. The molecule has 1 atom stereocenters. The lowest BCUT2D eigenvalue weighted by Crippen LogP contribution is -2.47. The second kappa shape index (κ2) is 12.9. The number of fused-ring (bicyclic) bond motifs is 1. The maximum absolute atomic E-state index is 5.62. The number of benzene rings is 2. The van der Waals surface area contributed by atoms with Crippen LogP contribution in [0, 0.1) is 13.8 Å². The molecule has 1 unspecified atom stereocenters. The standard InChI is InChI=1S/C34H39N7O2/c1-5-42-16-15-40-11-13-41(14-12-40)34-35-20-29(21-36-34)27-8-6-7-26(17-27)24(3)37-33-19-31(38-25(4)39-33)28-9-10-32-30(18-28)23(2)22-43-32/h6-10,17-22,24H,5,11-16H2,1-4H3,(H,37,38,39). The molecule has 1 saturated heterocycles. The summed E-state index contributed by atoms with van der Waals surface area (Å²) in [5.41, 5.74) is 7.14. The summed E-state index contributed by atoms with van der Waals surface area (Å²) in [5.74, 6) is 2.29. The van der Waals surface area contributed by atoms with Crippen LogP contribution in [0.15, 0.2) is 71.6 Å². The predicted molar refractivity (Wildman–Crippen MR) is 171 cm³/mol. The van der Waals surface area contributed by atoms with Crippen LogP contribution in [-0.4, -0.2) is 70.8 Å². The Morgan fingerprint density at radius 2 is 1.74 bits per heavy atom. The van der Waals surface area contributed by atoms with Crippen molar-refractivity contribution in [2.45, 2.75) is 33.7 Å². The number of aromatic nitrogens is 4. The molecule has 0 bridgehead atoms. The molecule has 0 spiro atoms. The molecule has 0 radical (unpaired) electrons. The zero-order chi connectivity index (χ0) is 29.8. The molecule has 4 heterocycles. The Labute approximate surface area is 253 Å². The number of anilines is 2. The molecule has 9 heteroatoms. The van der Waals surface area contributed by atoms with E-state index >= 15 is 0 Å². The Hall–Kier alpha value is -4.34. The lowest BCUT2D eigenvalue weighted by atomic mass is 10.0. The fourth-order valence-electron chi connectivity index (χ4n) is 5.54. The molecule has 0 amide bonds. The van der Waals surface area contributed by atoms with Gasteiger partial charge in [0.1, 0.15) is 17.2 Å². The van der Waals surface area contributed by atoms with Gasteiger partial charge in [-0.2, -0.15) is 0 Å². The highest BCUT2D eigenvalue weighted by Crippen LogP contribution is 2.29. The van der Waals surface area contributed by atoms with E-state index in [0.717, 1.165) is 102 Å². The molecule has 1 fully saturated rings. The van der Waals surface area contributed by atoms with Crippen LogP contribution in [0.1, 0.15) is 36.8 Å². The number of aryl methyl sites for hydroxylation is 2. The van der Waals surface area contributed by atoms with E-state index in [0.29, 0.717) is 5.82 Å². The van der Waals surface area contributed by atoms with E-state index in [9.17, 15) is 0 Å². The number of furan rings is 1. The van der Waals surface area contributed by atoms with E-state index in [4.69, 9.17) is 24.1 Å². The molecule has 2 aromatic carbocycles. The number of piperazine rings is 1. The van der Waals surface area contributed by atoms with Crippen molar-refractivity contribution in [3.63, 3.8) is 0 Å². The van der Waals surface area contributed by atoms with Gasteiger partial charge in [0.2, 0.25) is 5.95 Å². The fourth-order valence-corrected chi connectivity index (χ4v) is 5.54. The van der Waals surface area contributed by atoms with E-state index in [1.807, 2.05) is 44.4 Å². The monoisotopic (exact) mass is 577 g/mol. The topological polar surface area (TPSA) is 92.4 Å². The Balaban J connectivity index is 1.12. The summed E-state index contributed by atoms with van der Waals surface area (Å²) in [7, 11) is 0. The molecule has 1 N–H and O–H groups in total. The summed E-state index contributed by atoms with van der Waals surface area (Å²) in [6.07, 6.45) is 5.65. The highest BCUT2D eigenvalue weighted by atomic mass is 16.5. The van der Waals surface area contributed by atoms with Crippen molar-refractivity contribution >= 4 is 22.7 Å². The summed E-state index contributed by atoms with van der Waals surface area (Å²) in [6, 6.07) is 16.7. The Morgan fingerprint density at radius 3 is 2.53 bits per heavy atom. The molecule has 3 aromatic heterocycles. The van der Waals surface area contributed by atoms with E-state index < -0.39 is 0 Å². The van der Waals surface area contributed by atoms with Crippen molar-refractivity contribution in [3.8, 4) is 22.4 Å². The van der Waals surface area contributed by atoms with Gasteiger partial charge in [-0.05, 0) is 68.7 Å². The average Bonchev–Trinajstić information content (AvgIpc) is 3.41. The summed E-state index contributed by atoms with van der Waals surface area (Å²) in [4.78, 5) is 23.5. The van der Waals surface area contributed by atoms with Crippen molar-refractivity contribution in [2.75, 3.05) is 56.2 Å².